The number of likely N-dealkylation sites (tertiary alicyclic amines) is 1. The van der Waals surface area contributed by atoms with E-state index in [4.69, 9.17) is 9.47 Å². The lowest BCUT2D eigenvalue weighted by atomic mass is 9.70. The molecule has 7 atom stereocenters. The molecule has 3 fully saturated rings. The third-order valence-electron chi connectivity index (χ3n) is 10.4. The van der Waals surface area contributed by atoms with Gasteiger partial charge in [-0.15, -0.1) is 13.2 Å². The van der Waals surface area contributed by atoms with Crippen LogP contribution >= 0.6 is 15.9 Å². The number of aliphatic hydroxyl groups is 1. The third-order valence-corrected chi connectivity index (χ3v) is 11.2. The lowest BCUT2D eigenvalue weighted by Gasteiger charge is -2.45. The number of carbonyl (C=O) groups excluding carboxylic acids is 4. The topological polar surface area (TPSA) is 125 Å². The molecule has 51 heavy (non-hydrogen) atoms. The summed E-state index contributed by atoms with van der Waals surface area (Å²) in [7, 11) is 0. The normalized spacial score (nSPS) is 26.1. The lowest BCUT2D eigenvalue weighted by molar-refractivity contribution is -0.160. The van der Waals surface area contributed by atoms with Crippen molar-refractivity contribution in [3.05, 3.63) is 61.2 Å². The summed E-state index contributed by atoms with van der Waals surface area (Å²) < 4.78 is 13.0. The van der Waals surface area contributed by atoms with E-state index in [0.29, 0.717) is 50.8 Å². The molecule has 4 rings (SSSR count). The predicted octanol–water partition coefficient (Wildman–Crippen LogP) is 5.88. The molecule has 0 saturated carbocycles. The summed E-state index contributed by atoms with van der Waals surface area (Å²) in [6, 6.07) is 8.27. The molecule has 3 heterocycles. The van der Waals surface area contributed by atoms with E-state index in [0.717, 1.165) is 12.8 Å². The molecule has 282 valence electrons. The van der Waals surface area contributed by atoms with Gasteiger partial charge in [0.2, 0.25) is 17.7 Å². The number of fused-ring (bicyclic) bond motifs is 1. The van der Waals surface area contributed by atoms with Crippen molar-refractivity contribution in [2.75, 3.05) is 26.2 Å². The first-order chi connectivity index (χ1) is 24.1. The molecule has 1 aromatic rings. The number of alkyl halides is 1. The Kier molecular flexibility index (Phi) is 13.7. The fourth-order valence-corrected chi connectivity index (χ4v) is 9.56. The zero-order valence-corrected chi connectivity index (χ0v) is 32.7. The van der Waals surface area contributed by atoms with Crippen LogP contribution in [0.1, 0.15) is 97.7 Å². The number of halogens is 1. The second-order valence-corrected chi connectivity index (χ2v) is 17.3. The van der Waals surface area contributed by atoms with Crippen molar-refractivity contribution in [3.8, 4) is 0 Å². The molecule has 3 amide bonds. The van der Waals surface area contributed by atoms with Gasteiger partial charge in [0, 0.05) is 36.5 Å². The number of aliphatic hydroxyl groups excluding tert-OH is 1. The second kappa shape index (κ2) is 17.2. The van der Waals surface area contributed by atoms with Crippen LogP contribution < -0.4 is 5.32 Å². The number of unbranched alkanes of at least 4 members (excludes halogenated alkanes) is 3. The van der Waals surface area contributed by atoms with Crippen molar-refractivity contribution in [1.29, 1.82) is 0 Å². The molecule has 2 N–H and O–H groups in total. The fourth-order valence-electron chi connectivity index (χ4n) is 8.61. The van der Waals surface area contributed by atoms with Gasteiger partial charge >= 0.3 is 5.97 Å². The summed E-state index contributed by atoms with van der Waals surface area (Å²) in [5.41, 5.74) is -1.18. The molecule has 3 saturated heterocycles. The Morgan fingerprint density at radius 2 is 1.80 bits per heavy atom. The van der Waals surface area contributed by atoms with Crippen LogP contribution in [0.2, 0.25) is 0 Å². The largest absolute Gasteiger partial charge is 0.455 e. The van der Waals surface area contributed by atoms with E-state index >= 15 is 4.79 Å². The first-order valence-electron chi connectivity index (χ1n) is 18.4. The monoisotopic (exact) mass is 771 g/mol. The molecule has 2 bridgehead atoms. The van der Waals surface area contributed by atoms with Crippen LogP contribution in [0.25, 0.3) is 0 Å². The molecule has 0 aromatic heterocycles. The summed E-state index contributed by atoms with van der Waals surface area (Å²) in [5, 5.41) is 12.2. The average Bonchev–Trinajstić information content (AvgIpc) is 3.66. The Morgan fingerprint density at radius 1 is 1.12 bits per heavy atom. The van der Waals surface area contributed by atoms with E-state index in [1.54, 1.807) is 17.1 Å². The molecule has 11 heteroatoms. The zero-order valence-electron chi connectivity index (χ0n) is 31.1. The van der Waals surface area contributed by atoms with Crippen molar-refractivity contribution in [2.45, 2.75) is 120 Å². The van der Waals surface area contributed by atoms with Crippen LogP contribution in [0.3, 0.4) is 0 Å². The molecule has 3 aliphatic heterocycles. The van der Waals surface area contributed by atoms with Crippen LogP contribution in [0, 0.1) is 17.3 Å². The van der Waals surface area contributed by atoms with Crippen LogP contribution in [0.4, 0.5) is 0 Å². The number of esters is 1. The van der Waals surface area contributed by atoms with Crippen LogP contribution in [-0.2, 0) is 28.7 Å². The van der Waals surface area contributed by atoms with Gasteiger partial charge in [0.25, 0.3) is 0 Å². The highest BCUT2D eigenvalue weighted by Gasteiger charge is 2.77. The molecule has 3 aliphatic rings. The Labute approximate surface area is 312 Å². The van der Waals surface area contributed by atoms with Gasteiger partial charge in [-0.05, 0) is 56.9 Å². The van der Waals surface area contributed by atoms with Gasteiger partial charge in [0.05, 0.1) is 24.5 Å². The maximum atomic E-state index is 15.0. The molecular weight excluding hydrogens is 714 g/mol. The molecule has 1 spiro atoms. The number of hydrogen-bond donors (Lipinski definition) is 2. The highest BCUT2D eigenvalue weighted by Crippen LogP contribution is 2.60. The highest BCUT2D eigenvalue weighted by atomic mass is 79.9. The van der Waals surface area contributed by atoms with Gasteiger partial charge in [0.15, 0.2) is 0 Å². The van der Waals surface area contributed by atoms with E-state index in [1.165, 1.54) is 0 Å². The highest BCUT2D eigenvalue weighted by molar-refractivity contribution is 9.09. The first-order valence-corrected chi connectivity index (χ1v) is 19.3. The first kappa shape index (κ1) is 40.7. The van der Waals surface area contributed by atoms with E-state index in [-0.39, 0.29) is 47.5 Å². The van der Waals surface area contributed by atoms with Crippen LogP contribution in [0.15, 0.2) is 55.6 Å². The molecular formula is C40H58BrN3O7. The third kappa shape index (κ3) is 9.14. The number of nitrogens with zero attached hydrogens (tertiary/aromatic N) is 2. The summed E-state index contributed by atoms with van der Waals surface area (Å²) in [6.45, 7) is 18.9. The summed E-state index contributed by atoms with van der Waals surface area (Å²) in [6.07, 6.45) is 6.69. The smallest absolute Gasteiger partial charge is 0.313 e. The Morgan fingerprint density at radius 3 is 2.43 bits per heavy atom. The lowest BCUT2D eigenvalue weighted by Crippen LogP contribution is -2.61. The molecule has 10 nitrogen and oxygen atoms in total. The Bertz CT molecular complexity index is 1410. The molecule has 0 aliphatic carbocycles. The SMILES string of the molecule is C=CCCC(=O)NC[C@H](OC(=O)[C@@H]1[C@H]2O[C@@]3(CC2Br)[C@H](C(=O)N(CC=C)C(C)(C)CC(C)(C)C)N(CCCCCCO)C(=O)[C@@H]13)c1ccccc1. The van der Waals surface area contributed by atoms with Crippen molar-refractivity contribution >= 4 is 39.6 Å². The molecule has 1 unspecified atom stereocenters. The summed E-state index contributed by atoms with van der Waals surface area (Å²) in [4.78, 5) is 59.8. The minimum absolute atomic E-state index is 0.0614. The van der Waals surface area contributed by atoms with Gasteiger partial charge in [-0.3, -0.25) is 19.2 Å². The predicted molar refractivity (Wildman–Crippen MR) is 201 cm³/mol. The number of ether oxygens (including phenoxy) is 2. The van der Waals surface area contributed by atoms with Gasteiger partial charge in [-0.2, -0.15) is 0 Å². The molecule has 1 aromatic carbocycles. The standard InChI is InChI=1S/C40H58BrN3O7/c1-8-10-20-30(46)42-25-29(27-18-14-13-15-19-27)50-37(49)31-32-35(47)43(22-16-11-12-17-23-45)34(40(32)24-28(41)33(31)51-40)36(48)44(21-9-2)39(6,7)26-38(3,4)5/h8-9,13-15,18-19,28-29,31-34,45H,1-2,10-12,16-17,20-26H2,3-7H3,(H,42,46)/t28?,29-,31-,32+,33-,34-,40+/m0/s1. The minimum Gasteiger partial charge on any atom is -0.455 e. The maximum Gasteiger partial charge on any atom is 0.313 e. The summed E-state index contributed by atoms with van der Waals surface area (Å²) >= 11 is 3.77. The maximum absolute atomic E-state index is 15.0. The van der Waals surface area contributed by atoms with E-state index in [9.17, 15) is 19.5 Å². The number of allylic oxidation sites excluding steroid dienone is 1. The minimum atomic E-state index is -1.24. The van der Waals surface area contributed by atoms with Crippen molar-refractivity contribution in [1.82, 2.24) is 15.1 Å². The number of rotatable bonds is 19. The van der Waals surface area contributed by atoms with E-state index in [1.807, 2.05) is 49.1 Å². The zero-order chi connectivity index (χ0) is 37.6. The van der Waals surface area contributed by atoms with Crippen molar-refractivity contribution in [2.24, 2.45) is 17.3 Å². The van der Waals surface area contributed by atoms with E-state index in [2.05, 4.69) is 55.2 Å². The van der Waals surface area contributed by atoms with Crippen LogP contribution in [0.5, 0.6) is 0 Å². The van der Waals surface area contributed by atoms with Gasteiger partial charge < -0.3 is 29.7 Å². The van der Waals surface area contributed by atoms with E-state index < -0.39 is 47.2 Å². The number of carbonyl (C=O) groups is 4. The summed E-state index contributed by atoms with van der Waals surface area (Å²) in [5.74, 6) is -3.14. The number of benzene rings is 1. The number of hydrogen-bond acceptors (Lipinski definition) is 7. The van der Waals surface area contributed by atoms with Crippen LogP contribution in [-0.4, -0.2) is 93.0 Å². The molecule has 0 radical (unpaired) electrons. The average molecular weight is 773 g/mol. The number of nitrogens with one attached hydrogen (secondary N) is 1. The van der Waals surface area contributed by atoms with Crippen molar-refractivity contribution in [3.63, 3.8) is 0 Å². The Hall–Kier alpha value is -3.02. The van der Waals surface area contributed by atoms with Gasteiger partial charge in [-0.1, -0.05) is 92.0 Å². The fraction of sp³-hybridized carbons (Fsp3) is 0.650. The second-order valence-electron chi connectivity index (χ2n) is 16.1. The quantitative estimate of drug-likeness (QED) is 0.0779. The van der Waals surface area contributed by atoms with Gasteiger partial charge in [0.1, 0.15) is 17.7 Å². The Balaban J connectivity index is 1.70. The number of amides is 3. The van der Waals surface area contributed by atoms with Gasteiger partial charge in [-0.25, -0.2) is 0 Å². The van der Waals surface area contributed by atoms with Crippen molar-refractivity contribution < 1.29 is 33.8 Å².